The van der Waals surface area contributed by atoms with Crippen LogP contribution in [0.1, 0.15) is 59.3 Å². The van der Waals surface area contributed by atoms with Crippen molar-refractivity contribution >= 4 is 0 Å². The van der Waals surface area contributed by atoms with E-state index in [1.165, 1.54) is 38.5 Å². The molecule has 0 radical (unpaired) electrons. The van der Waals surface area contributed by atoms with Gasteiger partial charge in [0.05, 0.1) is 18.3 Å². The second kappa shape index (κ2) is 6.55. The zero-order valence-corrected chi connectivity index (χ0v) is 12.9. The molecule has 19 heavy (non-hydrogen) atoms. The number of hydrogen-bond acceptors (Lipinski definition) is 3. The number of rotatable bonds is 5. The van der Waals surface area contributed by atoms with Gasteiger partial charge < -0.3 is 9.84 Å². The molecule has 1 saturated carbocycles. The Morgan fingerprint density at radius 1 is 1.16 bits per heavy atom. The van der Waals surface area contributed by atoms with Gasteiger partial charge >= 0.3 is 0 Å². The molecule has 0 aromatic rings. The Bertz CT molecular complexity index is 268. The van der Waals surface area contributed by atoms with E-state index in [1.807, 2.05) is 20.8 Å². The highest BCUT2D eigenvalue weighted by atomic mass is 16.5. The maximum absolute atomic E-state index is 10.2. The summed E-state index contributed by atoms with van der Waals surface area (Å²) in [5.41, 5.74) is -0.156. The van der Waals surface area contributed by atoms with Crippen LogP contribution in [0.5, 0.6) is 0 Å². The summed E-state index contributed by atoms with van der Waals surface area (Å²) in [6.45, 7) is 8.52. The van der Waals surface area contributed by atoms with Crippen LogP contribution in [0.25, 0.3) is 0 Å². The molecule has 0 spiro atoms. The molecule has 2 rings (SSSR count). The molecule has 2 unspecified atom stereocenters. The van der Waals surface area contributed by atoms with Gasteiger partial charge in [0, 0.05) is 12.6 Å². The van der Waals surface area contributed by atoms with E-state index in [2.05, 4.69) is 4.90 Å². The monoisotopic (exact) mass is 269 g/mol. The minimum absolute atomic E-state index is 0.156. The van der Waals surface area contributed by atoms with Crippen LogP contribution in [-0.4, -0.2) is 47.4 Å². The second-order valence-corrected chi connectivity index (χ2v) is 7.33. The predicted octanol–water partition coefficient (Wildman–Crippen LogP) is 2.82. The summed E-state index contributed by atoms with van der Waals surface area (Å²) in [5, 5.41) is 10.2. The smallest absolute Gasteiger partial charge is 0.0900 e. The Kier molecular flexibility index (Phi) is 5.27. The van der Waals surface area contributed by atoms with Crippen LogP contribution in [0.3, 0.4) is 0 Å². The van der Waals surface area contributed by atoms with Crippen molar-refractivity contribution in [3.8, 4) is 0 Å². The summed E-state index contributed by atoms with van der Waals surface area (Å²) >= 11 is 0. The fourth-order valence-corrected chi connectivity index (χ4v) is 3.62. The van der Waals surface area contributed by atoms with Gasteiger partial charge in [0.15, 0.2) is 0 Å². The van der Waals surface area contributed by atoms with Crippen LogP contribution in [-0.2, 0) is 4.74 Å². The third kappa shape index (κ3) is 4.73. The molecule has 1 aliphatic carbocycles. The van der Waals surface area contributed by atoms with Crippen molar-refractivity contribution in [3.05, 3.63) is 0 Å². The van der Waals surface area contributed by atoms with Crippen LogP contribution in [0, 0.1) is 5.92 Å². The van der Waals surface area contributed by atoms with Gasteiger partial charge in [-0.15, -0.1) is 0 Å². The summed E-state index contributed by atoms with van der Waals surface area (Å²) in [4.78, 5) is 2.52. The van der Waals surface area contributed by atoms with Gasteiger partial charge in [-0.3, -0.25) is 4.90 Å². The molecule has 0 amide bonds. The zero-order valence-electron chi connectivity index (χ0n) is 12.9. The first kappa shape index (κ1) is 15.3. The number of β-amino-alcohol motifs (C(OH)–C–C–N with tert-alkyl or cyclic N) is 1. The molecule has 112 valence electrons. The number of aliphatic hydroxyl groups is 1. The SMILES string of the molecule is CC(C)(C)OCC(O)CN1CCCC1C1CCCC1. The molecule has 3 heteroatoms. The van der Waals surface area contributed by atoms with Gasteiger partial charge in [0.1, 0.15) is 0 Å². The highest BCUT2D eigenvalue weighted by Gasteiger charge is 2.34. The topological polar surface area (TPSA) is 32.7 Å². The van der Waals surface area contributed by atoms with Crippen LogP contribution in [0.4, 0.5) is 0 Å². The summed E-state index contributed by atoms with van der Waals surface area (Å²) in [5.74, 6) is 0.887. The Morgan fingerprint density at radius 3 is 2.47 bits per heavy atom. The first-order valence-electron chi connectivity index (χ1n) is 8.02. The van der Waals surface area contributed by atoms with Gasteiger partial charge in [-0.05, 0) is 58.9 Å². The Labute approximate surface area is 118 Å². The Balaban J connectivity index is 1.77. The van der Waals surface area contributed by atoms with E-state index in [4.69, 9.17) is 4.74 Å². The predicted molar refractivity (Wildman–Crippen MR) is 78.3 cm³/mol. The van der Waals surface area contributed by atoms with Crippen molar-refractivity contribution in [1.82, 2.24) is 4.90 Å². The summed E-state index contributed by atoms with van der Waals surface area (Å²) in [6.07, 6.45) is 7.90. The maximum atomic E-state index is 10.2. The molecule has 1 saturated heterocycles. The molecule has 1 heterocycles. The van der Waals surface area contributed by atoms with E-state index in [0.717, 1.165) is 25.0 Å². The van der Waals surface area contributed by atoms with E-state index in [-0.39, 0.29) is 11.7 Å². The Morgan fingerprint density at radius 2 is 1.84 bits per heavy atom. The lowest BCUT2D eigenvalue weighted by Crippen LogP contribution is -2.41. The summed E-state index contributed by atoms with van der Waals surface area (Å²) < 4.78 is 5.69. The van der Waals surface area contributed by atoms with Gasteiger partial charge in [0.25, 0.3) is 0 Å². The molecular formula is C16H31NO2. The van der Waals surface area contributed by atoms with Gasteiger partial charge in [0.2, 0.25) is 0 Å². The highest BCUT2D eigenvalue weighted by Crippen LogP contribution is 2.35. The van der Waals surface area contributed by atoms with Gasteiger partial charge in [-0.1, -0.05) is 12.8 Å². The number of aliphatic hydroxyl groups excluding tert-OH is 1. The number of likely N-dealkylation sites (tertiary alicyclic amines) is 1. The van der Waals surface area contributed by atoms with E-state index in [1.54, 1.807) is 0 Å². The molecule has 0 aromatic carbocycles. The van der Waals surface area contributed by atoms with Crippen molar-refractivity contribution in [2.24, 2.45) is 5.92 Å². The fraction of sp³-hybridized carbons (Fsp3) is 1.00. The van der Waals surface area contributed by atoms with E-state index < -0.39 is 0 Å². The molecule has 1 N–H and O–H groups in total. The highest BCUT2D eigenvalue weighted by molar-refractivity contribution is 4.88. The van der Waals surface area contributed by atoms with E-state index in [9.17, 15) is 5.11 Å². The van der Waals surface area contributed by atoms with E-state index >= 15 is 0 Å². The number of nitrogens with zero attached hydrogens (tertiary/aromatic N) is 1. The van der Waals surface area contributed by atoms with Crippen molar-refractivity contribution in [2.75, 3.05) is 19.7 Å². The number of hydrogen-bond donors (Lipinski definition) is 1. The van der Waals surface area contributed by atoms with Crippen molar-refractivity contribution in [2.45, 2.75) is 77.0 Å². The van der Waals surface area contributed by atoms with Crippen LogP contribution in [0.15, 0.2) is 0 Å². The second-order valence-electron chi connectivity index (χ2n) is 7.33. The molecule has 2 aliphatic rings. The molecule has 1 aliphatic heterocycles. The van der Waals surface area contributed by atoms with Crippen LogP contribution < -0.4 is 0 Å². The first-order chi connectivity index (χ1) is 8.96. The molecule has 3 nitrogen and oxygen atoms in total. The summed E-state index contributed by atoms with van der Waals surface area (Å²) in [6, 6.07) is 0.729. The fourth-order valence-electron chi connectivity index (χ4n) is 3.62. The third-order valence-corrected chi connectivity index (χ3v) is 4.51. The van der Waals surface area contributed by atoms with Gasteiger partial charge in [-0.2, -0.15) is 0 Å². The lowest BCUT2D eigenvalue weighted by atomic mass is 9.96. The summed E-state index contributed by atoms with van der Waals surface area (Å²) in [7, 11) is 0. The zero-order chi connectivity index (χ0) is 13.9. The number of ether oxygens (including phenoxy) is 1. The van der Waals surface area contributed by atoms with Crippen molar-refractivity contribution in [3.63, 3.8) is 0 Å². The lowest BCUT2D eigenvalue weighted by molar-refractivity contribution is -0.0581. The molecule has 2 fully saturated rings. The normalized spacial score (nSPS) is 28.1. The first-order valence-corrected chi connectivity index (χ1v) is 8.02. The molecular weight excluding hydrogens is 238 g/mol. The Hall–Kier alpha value is -0.120. The molecule has 0 bridgehead atoms. The lowest BCUT2D eigenvalue weighted by Gasteiger charge is -2.31. The van der Waals surface area contributed by atoms with Crippen molar-refractivity contribution < 1.29 is 9.84 Å². The average molecular weight is 269 g/mol. The van der Waals surface area contributed by atoms with E-state index in [0.29, 0.717) is 6.61 Å². The largest absolute Gasteiger partial charge is 0.389 e. The average Bonchev–Trinajstić information content (AvgIpc) is 2.94. The third-order valence-electron chi connectivity index (χ3n) is 4.51. The van der Waals surface area contributed by atoms with Crippen molar-refractivity contribution in [1.29, 1.82) is 0 Å². The minimum atomic E-state index is -0.346. The minimum Gasteiger partial charge on any atom is -0.389 e. The molecule has 2 atom stereocenters. The van der Waals surface area contributed by atoms with Crippen LogP contribution >= 0.6 is 0 Å². The quantitative estimate of drug-likeness (QED) is 0.833. The maximum Gasteiger partial charge on any atom is 0.0900 e. The standard InChI is InChI=1S/C16H31NO2/c1-16(2,3)19-12-14(18)11-17-10-6-9-15(17)13-7-4-5-8-13/h13-15,18H,4-12H2,1-3H3. The molecule has 0 aromatic heterocycles. The van der Waals surface area contributed by atoms with Gasteiger partial charge in [-0.25, -0.2) is 0 Å². The van der Waals surface area contributed by atoms with Crippen LogP contribution in [0.2, 0.25) is 0 Å².